The van der Waals surface area contributed by atoms with Crippen molar-refractivity contribution >= 4 is 32.5 Å². The zero-order valence-electron chi connectivity index (χ0n) is 12.8. The molecule has 1 aliphatic rings. The standard InChI is InChI=1S/C16H16N2O3S2/c1-3-10-23(19,20)21-18-16-14(8-9-22-16)15(11-17)13-6-4-12(2)5-7-13/h4-9H,3,10H2,1-2H3/b15-14+,18-16-. The summed E-state index contributed by atoms with van der Waals surface area (Å²) in [6, 6.07) is 9.69. The first-order chi connectivity index (χ1) is 11.0. The van der Waals surface area contributed by atoms with Crippen molar-refractivity contribution in [3.05, 3.63) is 52.4 Å². The molecule has 0 aliphatic carbocycles. The average Bonchev–Trinajstić information content (AvgIpc) is 2.96. The Bertz CT molecular complexity index is 814. The van der Waals surface area contributed by atoms with Gasteiger partial charge in [-0.05, 0) is 30.4 Å². The van der Waals surface area contributed by atoms with Crippen molar-refractivity contribution < 1.29 is 12.7 Å². The van der Waals surface area contributed by atoms with Gasteiger partial charge in [-0.3, -0.25) is 4.28 Å². The summed E-state index contributed by atoms with van der Waals surface area (Å²) in [7, 11) is -3.68. The maximum Gasteiger partial charge on any atom is 0.328 e. The van der Waals surface area contributed by atoms with Crippen LogP contribution in [0.5, 0.6) is 0 Å². The SMILES string of the molecule is CCCS(=O)(=O)O/N=C1\SC=C\C1=C(\C#N)c1ccc(C)cc1. The Morgan fingerprint density at radius 3 is 2.65 bits per heavy atom. The Hall–Kier alpha value is -2.04. The Morgan fingerprint density at radius 1 is 1.35 bits per heavy atom. The van der Waals surface area contributed by atoms with Crippen LogP contribution in [-0.2, 0) is 14.4 Å². The molecule has 0 amide bonds. The smallest absolute Gasteiger partial charge is 0.267 e. The number of nitrogens with zero attached hydrogens (tertiary/aromatic N) is 2. The summed E-state index contributed by atoms with van der Waals surface area (Å²) in [5.41, 5.74) is 2.84. The second-order valence-electron chi connectivity index (χ2n) is 4.92. The van der Waals surface area contributed by atoms with E-state index in [1.807, 2.05) is 31.2 Å². The van der Waals surface area contributed by atoms with E-state index in [0.29, 0.717) is 22.6 Å². The molecule has 0 radical (unpaired) electrons. The number of allylic oxidation sites excluding steroid dienone is 2. The molecule has 0 atom stereocenters. The molecule has 0 N–H and O–H groups in total. The molecule has 2 rings (SSSR count). The van der Waals surface area contributed by atoms with Gasteiger partial charge in [-0.2, -0.15) is 13.7 Å². The molecule has 1 heterocycles. The van der Waals surface area contributed by atoms with Crippen molar-refractivity contribution in [2.24, 2.45) is 5.16 Å². The highest BCUT2D eigenvalue weighted by atomic mass is 32.2. The summed E-state index contributed by atoms with van der Waals surface area (Å²) in [5.74, 6) is -0.0933. The van der Waals surface area contributed by atoms with E-state index in [2.05, 4.69) is 15.5 Å². The van der Waals surface area contributed by atoms with Gasteiger partial charge in [0, 0.05) is 5.57 Å². The molecule has 0 saturated heterocycles. The lowest BCUT2D eigenvalue weighted by Crippen LogP contribution is -2.08. The van der Waals surface area contributed by atoms with Crippen molar-refractivity contribution in [3.8, 4) is 6.07 Å². The zero-order chi connectivity index (χ0) is 16.9. The summed E-state index contributed by atoms with van der Waals surface area (Å²) in [6.45, 7) is 3.71. The number of rotatable bonds is 5. The first-order valence-electron chi connectivity index (χ1n) is 7.01. The van der Waals surface area contributed by atoms with Crippen LogP contribution >= 0.6 is 11.8 Å². The van der Waals surface area contributed by atoms with E-state index in [-0.39, 0.29) is 5.75 Å². The van der Waals surface area contributed by atoms with Crippen LogP contribution in [0.25, 0.3) is 5.57 Å². The minimum Gasteiger partial charge on any atom is -0.267 e. The normalized spacial score (nSPS) is 18.0. The third-order valence-electron chi connectivity index (χ3n) is 3.05. The van der Waals surface area contributed by atoms with Gasteiger partial charge in [-0.15, -0.1) is 0 Å². The van der Waals surface area contributed by atoms with Crippen LogP contribution in [0, 0.1) is 18.3 Å². The molecule has 7 heteroatoms. The van der Waals surface area contributed by atoms with Gasteiger partial charge in [0.05, 0.1) is 11.3 Å². The predicted octanol–water partition coefficient (Wildman–Crippen LogP) is 3.60. The van der Waals surface area contributed by atoms with Crippen LogP contribution in [-0.4, -0.2) is 19.2 Å². The van der Waals surface area contributed by atoms with Gasteiger partial charge in [0.2, 0.25) is 0 Å². The van der Waals surface area contributed by atoms with Crippen molar-refractivity contribution in [3.63, 3.8) is 0 Å². The summed E-state index contributed by atoms with van der Waals surface area (Å²) >= 11 is 1.22. The quantitative estimate of drug-likeness (QED) is 0.600. The van der Waals surface area contributed by atoms with Crippen molar-refractivity contribution in [2.45, 2.75) is 20.3 Å². The number of benzene rings is 1. The predicted molar refractivity (Wildman–Crippen MR) is 93.0 cm³/mol. The van der Waals surface area contributed by atoms with Crippen LogP contribution in [0.15, 0.2) is 46.5 Å². The molecule has 1 aromatic rings. The molecule has 120 valence electrons. The highest BCUT2D eigenvalue weighted by Crippen LogP contribution is 2.31. The van der Waals surface area contributed by atoms with E-state index in [1.165, 1.54) is 11.8 Å². The summed E-state index contributed by atoms with van der Waals surface area (Å²) in [6.07, 6.45) is 2.19. The molecule has 5 nitrogen and oxygen atoms in total. The van der Waals surface area contributed by atoms with Crippen molar-refractivity contribution in [2.75, 3.05) is 5.75 Å². The maximum atomic E-state index is 11.6. The monoisotopic (exact) mass is 348 g/mol. The summed E-state index contributed by atoms with van der Waals surface area (Å²) in [4.78, 5) is 0. The second-order valence-corrected chi connectivity index (χ2v) is 7.49. The highest BCUT2D eigenvalue weighted by molar-refractivity contribution is 8.17. The molecule has 0 spiro atoms. The zero-order valence-corrected chi connectivity index (χ0v) is 14.4. The van der Waals surface area contributed by atoms with Gasteiger partial charge in [0.25, 0.3) is 0 Å². The number of hydrogen-bond acceptors (Lipinski definition) is 6. The van der Waals surface area contributed by atoms with E-state index in [1.54, 1.807) is 18.4 Å². The number of aryl methyl sites for hydroxylation is 1. The van der Waals surface area contributed by atoms with E-state index in [0.717, 1.165) is 11.1 Å². The van der Waals surface area contributed by atoms with E-state index in [9.17, 15) is 13.7 Å². The van der Waals surface area contributed by atoms with Crippen LogP contribution in [0.3, 0.4) is 0 Å². The first-order valence-corrected chi connectivity index (χ1v) is 9.47. The van der Waals surface area contributed by atoms with Crippen LogP contribution in [0.4, 0.5) is 0 Å². The Kier molecular flexibility index (Phi) is 5.64. The third kappa shape index (κ3) is 4.47. The molecule has 0 saturated carbocycles. The second kappa shape index (κ2) is 7.49. The highest BCUT2D eigenvalue weighted by Gasteiger charge is 2.19. The molecule has 0 fully saturated rings. The van der Waals surface area contributed by atoms with Crippen LogP contribution < -0.4 is 0 Å². The lowest BCUT2D eigenvalue weighted by atomic mass is 10.0. The summed E-state index contributed by atoms with van der Waals surface area (Å²) < 4.78 is 27.9. The van der Waals surface area contributed by atoms with Gasteiger partial charge in [0.15, 0.2) is 0 Å². The number of nitriles is 1. The summed E-state index contributed by atoms with van der Waals surface area (Å²) in [5, 5.41) is 15.3. The Balaban J connectivity index is 2.37. The molecular weight excluding hydrogens is 332 g/mol. The van der Waals surface area contributed by atoms with E-state index < -0.39 is 10.1 Å². The lowest BCUT2D eigenvalue weighted by Gasteiger charge is -2.05. The molecular formula is C16H16N2O3S2. The van der Waals surface area contributed by atoms with Crippen molar-refractivity contribution in [1.82, 2.24) is 0 Å². The fraction of sp³-hybridized carbons (Fsp3) is 0.250. The van der Waals surface area contributed by atoms with Crippen LogP contribution in [0.2, 0.25) is 0 Å². The first kappa shape index (κ1) is 17.3. The molecule has 0 bridgehead atoms. The van der Waals surface area contributed by atoms with Gasteiger partial charge in [0.1, 0.15) is 11.1 Å². The van der Waals surface area contributed by atoms with E-state index >= 15 is 0 Å². The number of thioether (sulfide) groups is 1. The fourth-order valence-electron chi connectivity index (χ4n) is 1.94. The van der Waals surface area contributed by atoms with Gasteiger partial charge < -0.3 is 0 Å². The van der Waals surface area contributed by atoms with Crippen LogP contribution in [0.1, 0.15) is 24.5 Å². The molecule has 1 aromatic carbocycles. The molecule has 0 unspecified atom stereocenters. The minimum atomic E-state index is -3.68. The topological polar surface area (TPSA) is 79.5 Å². The molecule has 0 aromatic heterocycles. The number of hydrogen-bond donors (Lipinski definition) is 0. The lowest BCUT2D eigenvalue weighted by molar-refractivity contribution is 0.340. The molecule has 23 heavy (non-hydrogen) atoms. The Morgan fingerprint density at radius 2 is 2.04 bits per heavy atom. The Labute approximate surface area is 140 Å². The third-order valence-corrected chi connectivity index (χ3v) is 5.05. The van der Waals surface area contributed by atoms with Crippen molar-refractivity contribution in [1.29, 1.82) is 5.26 Å². The van der Waals surface area contributed by atoms with E-state index in [4.69, 9.17) is 0 Å². The fourth-order valence-corrected chi connectivity index (χ4v) is 3.46. The largest absolute Gasteiger partial charge is 0.328 e. The van der Waals surface area contributed by atoms with Gasteiger partial charge in [-0.1, -0.05) is 53.7 Å². The molecule has 1 aliphatic heterocycles. The minimum absolute atomic E-state index is 0.0933. The average molecular weight is 348 g/mol. The van der Waals surface area contributed by atoms with Gasteiger partial charge in [-0.25, -0.2) is 0 Å². The number of oxime groups is 1. The maximum absolute atomic E-state index is 11.6. The van der Waals surface area contributed by atoms with Gasteiger partial charge >= 0.3 is 10.1 Å².